The lowest BCUT2D eigenvalue weighted by Crippen LogP contribution is -2.19. The third kappa shape index (κ3) is 4.29. The number of anilines is 2. The molecule has 0 aliphatic heterocycles. The van der Waals surface area contributed by atoms with E-state index < -0.39 is 15.9 Å². The number of nitrogens with one attached hydrogen (secondary N) is 2. The number of rotatable bonds is 5. The van der Waals surface area contributed by atoms with Crippen molar-refractivity contribution in [2.45, 2.75) is 4.90 Å². The first-order valence-electron chi connectivity index (χ1n) is 7.71. The topological polar surface area (TPSA) is 107 Å². The van der Waals surface area contributed by atoms with Crippen molar-refractivity contribution in [2.24, 2.45) is 0 Å². The van der Waals surface area contributed by atoms with Crippen LogP contribution in [0.4, 0.5) is 15.6 Å². The van der Waals surface area contributed by atoms with Gasteiger partial charge in [0, 0.05) is 12.3 Å². The van der Waals surface area contributed by atoms with Gasteiger partial charge in [0.05, 0.1) is 35.0 Å². The molecule has 0 aliphatic rings. The lowest BCUT2D eigenvalue weighted by Gasteiger charge is -2.11. The van der Waals surface area contributed by atoms with Crippen LogP contribution in [0.2, 0.25) is 0 Å². The number of sulfone groups is 1. The highest BCUT2D eigenvalue weighted by molar-refractivity contribution is 7.90. The summed E-state index contributed by atoms with van der Waals surface area (Å²) in [5, 5.41) is 5.67. The van der Waals surface area contributed by atoms with E-state index in [1.165, 1.54) is 37.7 Å². The molecule has 2 N–H and O–H groups in total. The van der Waals surface area contributed by atoms with Crippen molar-refractivity contribution in [3.8, 4) is 11.5 Å². The highest BCUT2D eigenvalue weighted by atomic mass is 32.2. The Balaban J connectivity index is 1.78. The molecule has 142 valence electrons. The van der Waals surface area contributed by atoms with Gasteiger partial charge in [-0.3, -0.25) is 5.32 Å². The van der Waals surface area contributed by atoms with Gasteiger partial charge in [-0.15, -0.1) is 0 Å². The molecule has 2 amide bonds. The number of hydrogen-bond donors (Lipinski definition) is 2. The number of nitrogens with zero attached hydrogens (tertiary/aromatic N) is 1. The molecule has 0 atom stereocenters. The van der Waals surface area contributed by atoms with E-state index >= 15 is 0 Å². The first-order chi connectivity index (χ1) is 12.8. The molecule has 2 aromatic carbocycles. The van der Waals surface area contributed by atoms with E-state index in [4.69, 9.17) is 9.47 Å². The number of urea groups is 1. The Labute approximate surface area is 160 Å². The summed E-state index contributed by atoms with van der Waals surface area (Å²) in [6.07, 6.45) is 1.14. The average molecular weight is 407 g/mol. The molecule has 0 spiro atoms. The number of ether oxygens (including phenoxy) is 2. The van der Waals surface area contributed by atoms with Crippen molar-refractivity contribution >= 4 is 48.2 Å². The van der Waals surface area contributed by atoms with Gasteiger partial charge in [-0.05, 0) is 30.3 Å². The second-order valence-electron chi connectivity index (χ2n) is 5.57. The lowest BCUT2D eigenvalue weighted by atomic mass is 10.2. The van der Waals surface area contributed by atoms with Crippen molar-refractivity contribution < 1.29 is 22.7 Å². The Hall–Kier alpha value is -2.85. The van der Waals surface area contributed by atoms with Crippen molar-refractivity contribution in [1.82, 2.24) is 4.98 Å². The van der Waals surface area contributed by atoms with Gasteiger partial charge in [-0.2, -0.15) is 0 Å². The van der Waals surface area contributed by atoms with E-state index in [-0.39, 0.29) is 4.90 Å². The third-order valence-corrected chi connectivity index (χ3v) is 5.71. The Morgan fingerprint density at radius 3 is 2.52 bits per heavy atom. The third-order valence-electron chi connectivity index (χ3n) is 3.67. The minimum Gasteiger partial charge on any atom is -0.497 e. The summed E-state index contributed by atoms with van der Waals surface area (Å²) in [6.45, 7) is 0. The Kier molecular flexibility index (Phi) is 5.19. The molecule has 0 radical (unpaired) electrons. The van der Waals surface area contributed by atoms with E-state index in [9.17, 15) is 13.2 Å². The van der Waals surface area contributed by atoms with Gasteiger partial charge in [0.1, 0.15) is 11.5 Å². The highest BCUT2D eigenvalue weighted by Crippen LogP contribution is 2.30. The molecule has 3 rings (SSSR count). The Morgan fingerprint density at radius 1 is 1.07 bits per heavy atom. The van der Waals surface area contributed by atoms with Crippen molar-refractivity contribution in [3.63, 3.8) is 0 Å². The van der Waals surface area contributed by atoms with Crippen LogP contribution in [0, 0.1) is 0 Å². The molecule has 0 saturated carbocycles. The maximum Gasteiger partial charge on any atom is 0.325 e. The van der Waals surface area contributed by atoms with Gasteiger partial charge < -0.3 is 14.8 Å². The number of aromatic nitrogens is 1. The molecule has 0 aliphatic carbocycles. The summed E-state index contributed by atoms with van der Waals surface area (Å²) >= 11 is 1.18. The fourth-order valence-corrected chi connectivity index (χ4v) is 3.96. The fourth-order valence-electron chi connectivity index (χ4n) is 2.34. The molecule has 10 heteroatoms. The molecule has 3 aromatic rings. The van der Waals surface area contributed by atoms with E-state index in [1.54, 1.807) is 24.3 Å². The SMILES string of the molecule is COc1ccc(NC(=O)Nc2nc3ccc(S(C)(=O)=O)cc3s2)c(OC)c1. The van der Waals surface area contributed by atoms with Gasteiger partial charge in [-0.1, -0.05) is 11.3 Å². The number of methoxy groups -OCH3 is 2. The molecular formula is C17H17N3O5S2. The second-order valence-corrected chi connectivity index (χ2v) is 8.61. The minimum absolute atomic E-state index is 0.206. The van der Waals surface area contributed by atoms with Gasteiger partial charge in [0.2, 0.25) is 0 Å². The van der Waals surface area contributed by atoms with Crippen LogP contribution < -0.4 is 20.1 Å². The normalized spacial score (nSPS) is 11.2. The van der Waals surface area contributed by atoms with Crippen LogP contribution in [0.15, 0.2) is 41.3 Å². The van der Waals surface area contributed by atoms with Crippen LogP contribution >= 0.6 is 11.3 Å². The first kappa shape index (κ1) is 18.9. The number of benzene rings is 2. The summed E-state index contributed by atoms with van der Waals surface area (Å²) in [5.41, 5.74) is 1.07. The summed E-state index contributed by atoms with van der Waals surface area (Å²) in [6, 6.07) is 9.15. The Bertz CT molecular complexity index is 1110. The number of carbonyl (C=O) groups excluding carboxylic acids is 1. The van der Waals surface area contributed by atoms with Crippen LogP contribution in [-0.2, 0) is 9.84 Å². The van der Waals surface area contributed by atoms with Crippen molar-refractivity contribution in [3.05, 3.63) is 36.4 Å². The van der Waals surface area contributed by atoms with E-state index in [0.717, 1.165) is 6.26 Å². The molecule has 8 nitrogen and oxygen atoms in total. The van der Waals surface area contributed by atoms with Gasteiger partial charge in [0.25, 0.3) is 0 Å². The second kappa shape index (κ2) is 7.41. The number of fused-ring (bicyclic) bond motifs is 1. The van der Waals surface area contributed by atoms with Crippen molar-refractivity contribution in [1.29, 1.82) is 0 Å². The van der Waals surface area contributed by atoms with Crippen LogP contribution in [0.1, 0.15) is 0 Å². The standard InChI is InChI=1S/C17H17N3O5S2/c1-24-10-4-6-12(14(8-10)25-2)18-16(21)20-17-19-13-7-5-11(27(3,22)23)9-15(13)26-17/h4-9H,1-3H3,(H2,18,19,20,21). The summed E-state index contributed by atoms with van der Waals surface area (Å²) in [5.74, 6) is 1.05. The van der Waals surface area contributed by atoms with Gasteiger partial charge >= 0.3 is 6.03 Å². The summed E-state index contributed by atoms with van der Waals surface area (Å²) in [4.78, 5) is 16.8. The number of hydrogen-bond acceptors (Lipinski definition) is 7. The van der Waals surface area contributed by atoms with Gasteiger partial charge in [-0.25, -0.2) is 18.2 Å². The number of amides is 2. The van der Waals surface area contributed by atoms with E-state index in [1.807, 2.05) is 0 Å². The fraction of sp³-hybridized carbons (Fsp3) is 0.176. The Morgan fingerprint density at radius 2 is 1.85 bits per heavy atom. The molecule has 0 bridgehead atoms. The average Bonchev–Trinajstić information content (AvgIpc) is 3.02. The monoisotopic (exact) mass is 407 g/mol. The molecule has 0 saturated heterocycles. The molecule has 1 aromatic heterocycles. The zero-order chi connectivity index (χ0) is 19.6. The maximum absolute atomic E-state index is 12.3. The molecule has 0 unspecified atom stereocenters. The number of carbonyl (C=O) groups is 1. The van der Waals surface area contributed by atoms with Crippen LogP contribution in [0.5, 0.6) is 11.5 Å². The smallest absolute Gasteiger partial charge is 0.325 e. The summed E-state index contributed by atoms with van der Waals surface area (Å²) in [7, 11) is -0.278. The van der Waals surface area contributed by atoms with Crippen LogP contribution in [0.25, 0.3) is 10.2 Å². The maximum atomic E-state index is 12.3. The zero-order valence-electron chi connectivity index (χ0n) is 14.8. The predicted octanol–water partition coefficient (Wildman–Crippen LogP) is 3.36. The largest absolute Gasteiger partial charge is 0.497 e. The molecular weight excluding hydrogens is 390 g/mol. The highest BCUT2D eigenvalue weighted by Gasteiger charge is 2.13. The molecule has 27 heavy (non-hydrogen) atoms. The van der Waals surface area contributed by atoms with Crippen LogP contribution in [0.3, 0.4) is 0 Å². The van der Waals surface area contributed by atoms with Crippen molar-refractivity contribution in [2.75, 3.05) is 31.1 Å². The van der Waals surface area contributed by atoms with E-state index in [2.05, 4.69) is 15.6 Å². The minimum atomic E-state index is -3.31. The van der Waals surface area contributed by atoms with Crippen LogP contribution in [-0.4, -0.2) is 39.9 Å². The van der Waals surface area contributed by atoms with Gasteiger partial charge in [0.15, 0.2) is 15.0 Å². The first-order valence-corrected chi connectivity index (χ1v) is 10.4. The summed E-state index contributed by atoms with van der Waals surface area (Å²) < 4.78 is 34.3. The van der Waals surface area contributed by atoms with E-state index in [0.29, 0.717) is 32.5 Å². The lowest BCUT2D eigenvalue weighted by molar-refractivity contribution is 0.262. The predicted molar refractivity (Wildman–Crippen MR) is 105 cm³/mol. The quantitative estimate of drug-likeness (QED) is 0.672. The number of thiazole rings is 1. The molecule has 1 heterocycles. The zero-order valence-corrected chi connectivity index (χ0v) is 16.4. The molecule has 0 fully saturated rings.